The molecule has 0 atom stereocenters. The van der Waals surface area contributed by atoms with Crippen molar-refractivity contribution in [3.63, 3.8) is 0 Å². The Balaban J connectivity index is 2.14. The quantitative estimate of drug-likeness (QED) is 0.835. The van der Waals surface area contributed by atoms with E-state index in [0.29, 0.717) is 11.7 Å². The number of carboxylic acids is 1. The molecule has 0 spiro atoms. The number of hydrogen-bond acceptors (Lipinski definition) is 4. The number of nitrogens with zero attached hydrogens (tertiary/aromatic N) is 3. The first-order valence-electron chi connectivity index (χ1n) is 4.83. The lowest BCUT2D eigenvalue weighted by Gasteiger charge is -1.94. The molecule has 0 radical (unpaired) electrons. The number of carboxylic acid groups (broad SMARTS) is 1. The van der Waals surface area contributed by atoms with E-state index in [4.69, 9.17) is 9.63 Å². The standard InChI is InChI=1S/C10H11N3O3/c1-13-6-2-3-7(13)10-11-8(16-12-10)4-5-9(14)15/h2-3,6H,4-5H2,1H3,(H,14,15). The summed E-state index contributed by atoms with van der Waals surface area (Å²) in [5.41, 5.74) is 0.838. The van der Waals surface area contributed by atoms with Gasteiger partial charge in [0.25, 0.3) is 0 Å². The Bertz CT molecular complexity index is 501. The van der Waals surface area contributed by atoms with E-state index in [0.717, 1.165) is 5.69 Å². The molecule has 2 aromatic rings. The summed E-state index contributed by atoms with van der Waals surface area (Å²) in [5.74, 6) is -0.0508. The number of aliphatic carboxylic acids is 1. The van der Waals surface area contributed by atoms with Gasteiger partial charge in [-0.25, -0.2) is 0 Å². The summed E-state index contributed by atoms with van der Waals surface area (Å²) < 4.78 is 6.82. The molecule has 6 heteroatoms. The minimum atomic E-state index is -0.876. The third kappa shape index (κ3) is 2.10. The van der Waals surface area contributed by atoms with Gasteiger partial charge >= 0.3 is 5.97 Å². The third-order valence-electron chi connectivity index (χ3n) is 2.19. The molecular weight excluding hydrogens is 210 g/mol. The van der Waals surface area contributed by atoms with Crippen molar-refractivity contribution in [3.05, 3.63) is 24.2 Å². The summed E-state index contributed by atoms with van der Waals surface area (Å²) in [6.07, 6.45) is 2.13. The van der Waals surface area contributed by atoms with Crippen LogP contribution in [0, 0.1) is 0 Å². The highest BCUT2D eigenvalue weighted by molar-refractivity contribution is 5.66. The molecule has 0 bridgehead atoms. The van der Waals surface area contributed by atoms with E-state index in [-0.39, 0.29) is 12.8 Å². The SMILES string of the molecule is Cn1cccc1-c1noc(CCC(=O)O)n1. The van der Waals surface area contributed by atoms with E-state index in [1.807, 2.05) is 29.9 Å². The van der Waals surface area contributed by atoms with Crippen LogP contribution >= 0.6 is 0 Å². The number of aryl methyl sites for hydroxylation is 2. The maximum absolute atomic E-state index is 10.4. The van der Waals surface area contributed by atoms with Crippen molar-refractivity contribution in [3.8, 4) is 11.5 Å². The molecule has 1 N–H and O–H groups in total. The molecule has 6 nitrogen and oxygen atoms in total. The Labute approximate surface area is 91.5 Å². The Hall–Kier alpha value is -2.11. The van der Waals surface area contributed by atoms with E-state index in [1.54, 1.807) is 0 Å². The fraction of sp³-hybridized carbons (Fsp3) is 0.300. The average molecular weight is 221 g/mol. The molecular formula is C10H11N3O3. The van der Waals surface area contributed by atoms with Crippen LogP contribution in [0.4, 0.5) is 0 Å². The predicted molar refractivity (Wildman–Crippen MR) is 54.7 cm³/mol. The summed E-state index contributed by atoms with van der Waals surface area (Å²) in [6, 6.07) is 3.74. The zero-order valence-electron chi connectivity index (χ0n) is 8.75. The average Bonchev–Trinajstić information content (AvgIpc) is 2.83. The number of aromatic nitrogens is 3. The van der Waals surface area contributed by atoms with Crippen molar-refractivity contribution in [2.24, 2.45) is 7.05 Å². The minimum absolute atomic E-state index is 0.00519. The normalized spacial score (nSPS) is 10.6. The van der Waals surface area contributed by atoms with Gasteiger partial charge in [0.05, 0.1) is 12.1 Å². The second kappa shape index (κ2) is 4.18. The highest BCUT2D eigenvalue weighted by atomic mass is 16.5. The zero-order valence-corrected chi connectivity index (χ0v) is 8.75. The fourth-order valence-corrected chi connectivity index (χ4v) is 1.37. The zero-order chi connectivity index (χ0) is 11.5. The highest BCUT2D eigenvalue weighted by Gasteiger charge is 2.11. The lowest BCUT2D eigenvalue weighted by Crippen LogP contribution is -1.97. The first-order valence-corrected chi connectivity index (χ1v) is 4.83. The van der Waals surface area contributed by atoms with Crippen LogP contribution in [0.5, 0.6) is 0 Å². The van der Waals surface area contributed by atoms with Crippen molar-refractivity contribution < 1.29 is 14.4 Å². The van der Waals surface area contributed by atoms with Gasteiger partial charge in [-0.2, -0.15) is 4.98 Å². The van der Waals surface area contributed by atoms with E-state index >= 15 is 0 Å². The first-order chi connectivity index (χ1) is 7.66. The smallest absolute Gasteiger partial charge is 0.303 e. The Kier molecular flexibility index (Phi) is 2.72. The summed E-state index contributed by atoms with van der Waals surface area (Å²) in [4.78, 5) is 14.5. The van der Waals surface area contributed by atoms with Crippen molar-refractivity contribution in [1.29, 1.82) is 0 Å². The molecule has 0 aromatic carbocycles. The van der Waals surface area contributed by atoms with E-state index in [1.165, 1.54) is 0 Å². The van der Waals surface area contributed by atoms with Crippen LogP contribution in [-0.4, -0.2) is 25.8 Å². The van der Waals surface area contributed by atoms with Crippen LogP contribution in [0.1, 0.15) is 12.3 Å². The second-order valence-corrected chi connectivity index (χ2v) is 3.41. The molecule has 0 aliphatic heterocycles. The molecule has 0 amide bonds. The van der Waals surface area contributed by atoms with E-state index in [2.05, 4.69) is 10.1 Å². The van der Waals surface area contributed by atoms with Gasteiger partial charge in [0.2, 0.25) is 11.7 Å². The Morgan fingerprint density at radius 1 is 1.62 bits per heavy atom. The van der Waals surface area contributed by atoms with Crippen LogP contribution < -0.4 is 0 Å². The lowest BCUT2D eigenvalue weighted by atomic mass is 10.3. The monoisotopic (exact) mass is 221 g/mol. The molecule has 0 aliphatic carbocycles. The molecule has 16 heavy (non-hydrogen) atoms. The predicted octanol–water partition coefficient (Wildman–Crippen LogP) is 1.09. The maximum Gasteiger partial charge on any atom is 0.303 e. The van der Waals surface area contributed by atoms with Gasteiger partial charge in [0, 0.05) is 19.7 Å². The Morgan fingerprint density at radius 3 is 3.06 bits per heavy atom. The van der Waals surface area contributed by atoms with Crippen LogP contribution in [-0.2, 0) is 18.3 Å². The highest BCUT2D eigenvalue weighted by Crippen LogP contribution is 2.15. The second-order valence-electron chi connectivity index (χ2n) is 3.41. The van der Waals surface area contributed by atoms with Crippen LogP contribution in [0.3, 0.4) is 0 Å². The lowest BCUT2D eigenvalue weighted by molar-refractivity contribution is -0.137. The first kappa shape index (κ1) is 10.4. The Morgan fingerprint density at radius 2 is 2.44 bits per heavy atom. The van der Waals surface area contributed by atoms with Gasteiger partial charge in [-0.1, -0.05) is 5.16 Å². The third-order valence-corrected chi connectivity index (χ3v) is 2.19. The van der Waals surface area contributed by atoms with E-state index < -0.39 is 5.97 Å². The van der Waals surface area contributed by atoms with Gasteiger partial charge in [-0.15, -0.1) is 0 Å². The molecule has 2 rings (SSSR count). The largest absolute Gasteiger partial charge is 0.481 e. The van der Waals surface area contributed by atoms with Gasteiger partial charge in [-0.05, 0) is 12.1 Å². The van der Waals surface area contributed by atoms with Gasteiger partial charge in [0.15, 0.2) is 0 Å². The topological polar surface area (TPSA) is 81.2 Å². The maximum atomic E-state index is 10.4. The van der Waals surface area contributed by atoms with Crippen LogP contribution in [0.25, 0.3) is 11.5 Å². The molecule has 0 fully saturated rings. The molecule has 2 heterocycles. The number of rotatable bonds is 4. The van der Waals surface area contributed by atoms with Crippen LogP contribution in [0.2, 0.25) is 0 Å². The minimum Gasteiger partial charge on any atom is -0.481 e. The molecule has 0 saturated heterocycles. The van der Waals surface area contributed by atoms with Gasteiger partial charge in [0.1, 0.15) is 0 Å². The van der Waals surface area contributed by atoms with Gasteiger partial charge < -0.3 is 14.2 Å². The molecule has 0 unspecified atom stereocenters. The van der Waals surface area contributed by atoms with Crippen molar-refractivity contribution in [2.75, 3.05) is 0 Å². The van der Waals surface area contributed by atoms with Gasteiger partial charge in [-0.3, -0.25) is 4.79 Å². The van der Waals surface area contributed by atoms with Crippen molar-refractivity contribution >= 4 is 5.97 Å². The number of hydrogen-bond donors (Lipinski definition) is 1. The van der Waals surface area contributed by atoms with Crippen molar-refractivity contribution in [1.82, 2.24) is 14.7 Å². The van der Waals surface area contributed by atoms with E-state index in [9.17, 15) is 4.79 Å². The number of carbonyl (C=O) groups is 1. The fourth-order valence-electron chi connectivity index (χ4n) is 1.37. The molecule has 2 aromatic heterocycles. The summed E-state index contributed by atoms with van der Waals surface area (Å²) in [6.45, 7) is 0. The van der Waals surface area contributed by atoms with Crippen molar-refractivity contribution in [2.45, 2.75) is 12.8 Å². The summed E-state index contributed by atoms with van der Waals surface area (Å²) in [5, 5.41) is 12.3. The summed E-state index contributed by atoms with van der Waals surface area (Å²) in [7, 11) is 1.88. The van der Waals surface area contributed by atoms with Crippen LogP contribution in [0.15, 0.2) is 22.9 Å². The molecule has 0 aliphatic rings. The molecule has 84 valence electrons. The summed E-state index contributed by atoms with van der Waals surface area (Å²) >= 11 is 0. The molecule has 0 saturated carbocycles.